The van der Waals surface area contributed by atoms with Gasteiger partial charge in [-0.1, -0.05) is 48.5 Å². The smallest absolute Gasteiger partial charge is 0.250 e. The van der Waals surface area contributed by atoms with Gasteiger partial charge in [-0.25, -0.2) is 0 Å². The Kier molecular flexibility index (Phi) is 6.59. The van der Waals surface area contributed by atoms with E-state index in [0.29, 0.717) is 19.7 Å². The van der Waals surface area contributed by atoms with Gasteiger partial charge < -0.3 is 15.4 Å². The second-order valence-corrected chi connectivity index (χ2v) is 5.35. The first kappa shape index (κ1) is 17.5. The van der Waals surface area contributed by atoms with Crippen LogP contribution in [0.5, 0.6) is 0 Å². The van der Waals surface area contributed by atoms with Crippen molar-refractivity contribution < 1.29 is 9.53 Å². The summed E-state index contributed by atoms with van der Waals surface area (Å²) in [5.74, 6) is -0.0580. The van der Waals surface area contributed by atoms with Crippen LogP contribution in [0.1, 0.15) is 5.56 Å². The van der Waals surface area contributed by atoms with Crippen molar-refractivity contribution >= 4 is 18.3 Å². The number of halogens is 1. The van der Waals surface area contributed by atoms with Crippen LogP contribution in [-0.2, 0) is 16.1 Å². The zero-order valence-corrected chi connectivity index (χ0v) is 13.6. The molecule has 5 heteroatoms. The van der Waals surface area contributed by atoms with E-state index in [1.54, 1.807) is 0 Å². The van der Waals surface area contributed by atoms with Crippen LogP contribution in [-0.4, -0.2) is 31.7 Å². The van der Waals surface area contributed by atoms with E-state index in [-0.39, 0.29) is 24.4 Å². The van der Waals surface area contributed by atoms with Gasteiger partial charge >= 0.3 is 0 Å². The normalized spacial score (nSPS) is 17.1. The van der Waals surface area contributed by atoms with Gasteiger partial charge in [-0.3, -0.25) is 4.79 Å². The van der Waals surface area contributed by atoms with Gasteiger partial charge in [-0.2, -0.15) is 0 Å². The molecule has 1 aliphatic heterocycles. The van der Waals surface area contributed by atoms with E-state index in [0.717, 1.165) is 17.7 Å². The monoisotopic (exact) mass is 332 g/mol. The summed E-state index contributed by atoms with van der Waals surface area (Å²) in [7, 11) is 0. The lowest BCUT2D eigenvalue weighted by Gasteiger charge is -2.22. The Morgan fingerprint density at radius 3 is 2.65 bits per heavy atom. The molecule has 0 spiro atoms. The highest BCUT2D eigenvalue weighted by atomic mass is 35.5. The molecule has 1 atom stereocenters. The summed E-state index contributed by atoms with van der Waals surface area (Å²) in [5.41, 5.74) is 3.41. The van der Waals surface area contributed by atoms with Crippen molar-refractivity contribution in [3.63, 3.8) is 0 Å². The lowest BCUT2D eigenvalue weighted by Crippen LogP contribution is -2.47. The van der Waals surface area contributed by atoms with Crippen molar-refractivity contribution in [3.8, 4) is 11.1 Å². The Balaban J connectivity index is 0.00000192. The third-order valence-electron chi connectivity index (χ3n) is 3.72. The number of carbonyl (C=O) groups excluding carboxylic acids is 1. The van der Waals surface area contributed by atoms with Crippen LogP contribution < -0.4 is 10.6 Å². The number of ether oxygens (including phenoxy) is 1. The van der Waals surface area contributed by atoms with E-state index in [9.17, 15) is 4.79 Å². The quantitative estimate of drug-likeness (QED) is 0.904. The zero-order chi connectivity index (χ0) is 15.2. The lowest BCUT2D eigenvalue weighted by molar-refractivity contribution is -0.134. The van der Waals surface area contributed by atoms with Gasteiger partial charge in [0.25, 0.3) is 5.91 Å². The highest BCUT2D eigenvalue weighted by Gasteiger charge is 2.21. The molecular weight excluding hydrogens is 312 g/mol. The van der Waals surface area contributed by atoms with Gasteiger partial charge in [0, 0.05) is 19.6 Å². The molecule has 0 aromatic heterocycles. The molecule has 2 N–H and O–H groups in total. The third kappa shape index (κ3) is 4.79. The van der Waals surface area contributed by atoms with Crippen molar-refractivity contribution in [2.24, 2.45) is 0 Å². The fraction of sp³-hybridized carbons (Fsp3) is 0.278. The molecule has 4 nitrogen and oxygen atoms in total. The molecule has 1 amide bonds. The molecule has 2 aromatic carbocycles. The topological polar surface area (TPSA) is 50.4 Å². The van der Waals surface area contributed by atoms with Crippen molar-refractivity contribution in [2.75, 3.05) is 19.7 Å². The Labute approximate surface area is 142 Å². The molecule has 0 bridgehead atoms. The lowest BCUT2D eigenvalue weighted by atomic mass is 10.0. The predicted octanol–water partition coefficient (Wildman–Crippen LogP) is 2.38. The highest BCUT2D eigenvalue weighted by Crippen LogP contribution is 2.19. The van der Waals surface area contributed by atoms with Crippen LogP contribution in [0.3, 0.4) is 0 Å². The third-order valence-corrected chi connectivity index (χ3v) is 3.72. The van der Waals surface area contributed by atoms with E-state index >= 15 is 0 Å². The molecule has 2 aromatic rings. The molecule has 1 saturated heterocycles. The Bertz CT molecular complexity index is 628. The maximum Gasteiger partial charge on any atom is 0.250 e. The fourth-order valence-corrected chi connectivity index (χ4v) is 2.53. The average Bonchev–Trinajstić information content (AvgIpc) is 2.61. The van der Waals surface area contributed by atoms with Gasteiger partial charge in [0.1, 0.15) is 6.10 Å². The van der Waals surface area contributed by atoms with Crippen LogP contribution >= 0.6 is 12.4 Å². The van der Waals surface area contributed by atoms with E-state index in [1.165, 1.54) is 5.56 Å². The molecule has 23 heavy (non-hydrogen) atoms. The molecule has 0 radical (unpaired) electrons. The molecule has 1 fully saturated rings. The van der Waals surface area contributed by atoms with Crippen molar-refractivity contribution in [1.82, 2.24) is 10.6 Å². The molecule has 1 unspecified atom stereocenters. The largest absolute Gasteiger partial charge is 0.366 e. The summed E-state index contributed by atoms with van der Waals surface area (Å²) in [6.07, 6.45) is -0.383. The van der Waals surface area contributed by atoms with Gasteiger partial charge in [0.15, 0.2) is 0 Å². The van der Waals surface area contributed by atoms with Gasteiger partial charge in [0.05, 0.1) is 6.61 Å². The van der Waals surface area contributed by atoms with Gasteiger partial charge in [0.2, 0.25) is 0 Å². The first-order valence-corrected chi connectivity index (χ1v) is 7.57. The van der Waals surface area contributed by atoms with E-state index in [1.807, 2.05) is 30.3 Å². The molecule has 1 heterocycles. The number of carbonyl (C=O) groups is 1. The van der Waals surface area contributed by atoms with E-state index in [2.05, 4.69) is 34.9 Å². The summed E-state index contributed by atoms with van der Waals surface area (Å²) in [6.45, 7) is 2.49. The Morgan fingerprint density at radius 1 is 1.13 bits per heavy atom. The summed E-state index contributed by atoms with van der Waals surface area (Å²) >= 11 is 0. The number of benzene rings is 2. The van der Waals surface area contributed by atoms with Crippen LogP contribution in [0.4, 0.5) is 0 Å². The number of hydrogen-bond donors (Lipinski definition) is 2. The molecule has 3 rings (SSSR count). The molecule has 1 aliphatic rings. The first-order chi connectivity index (χ1) is 10.8. The minimum absolute atomic E-state index is 0. The standard InChI is InChI=1S/C18H20N2O2.ClH/c21-18(17-13-19-9-10-22-17)20-12-14-5-4-8-16(11-14)15-6-2-1-3-7-15;/h1-8,11,17,19H,9-10,12-13H2,(H,20,21);1H. The highest BCUT2D eigenvalue weighted by molar-refractivity contribution is 5.85. The fourth-order valence-electron chi connectivity index (χ4n) is 2.53. The van der Waals surface area contributed by atoms with Crippen LogP contribution in [0, 0.1) is 0 Å². The summed E-state index contributed by atoms with van der Waals surface area (Å²) in [4.78, 5) is 12.1. The van der Waals surface area contributed by atoms with Crippen molar-refractivity contribution in [2.45, 2.75) is 12.6 Å². The zero-order valence-electron chi connectivity index (χ0n) is 12.8. The van der Waals surface area contributed by atoms with Crippen LogP contribution in [0.2, 0.25) is 0 Å². The Hall–Kier alpha value is -1.88. The van der Waals surface area contributed by atoms with Gasteiger partial charge in [-0.05, 0) is 22.8 Å². The summed E-state index contributed by atoms with van der Waals surface area (Å²) in [5, 5.41) is 6.10. The second-order valence-electron chi connectivity index (χ2n) is 5.35. The number of rotatable bonds is 4. The number of nitrogens with one attached hydrogen (secondary N) is 2. The molecule has 0 saturated carbocycles. The minimum Gasteiger partial charge on any atom is -0.366 e. The number of morpholine rings is 1. The molecular formula is C18H21ClN2O2. The average molecular weight is 333 g/mol. The maximum absolute atomic E-state index is 12.1. The van der Waals surface area contributed by atoms with Crippen LogP contribution in [0.15, 0.2) is 54.6 Å². The number of hydrogen-bond acceptors (Lipinski definition) is 3. The molecule has 122 valence electrons. The Morgan fingerprint density at radius 2 is 1.91 bits per heavy atom. The van der Waals surface area contributed by atoms with Crippen molar-refractivity contribution in [1.29, 1.82) is 0 Å². The second kappa shape index (κ2) is 8.67. The molecule has 0 aliphatic carbocycles. The van der Waals surface area contributed by atoms with Crippen molar-refractivity contribution in [3.05, 3.63) is 60.2 Å². The predicted molar refractivity (Wildman–Crippen MR) is 93.6 cm³/mol. The number of amides is 1. The van der Waals surface area contributed by atoms with E-state index in [4.69, 9.17) is 4.74 Å². The van der Waals surface area contributed by atoms with Gasteiger partial charge in [-0.15, -0.1) is 12.4 Å². The summed E-state index contributed by atoms with van der Waals surface area (Å²) < 4.78 is 5.45. The first-order valence-electron chi connectivity index (χ1n) is 7.57. The maximum atomic E-state index is 12.1. The van der Waals surface area contributed by atoms with E-state index < -0.39 is 0 Å². The van der Waals surface area contributed by atoms with Crippen LogP contribution in [0.25, 0.3) is 11.1 Å². The summed E-state index contributed by atoms with van der Waals surface area (Å²) in [6, 6.07) is 18.4. The SMILES string of the molecule is Cl.O=C(NCc1cccc(-c2ccccc2)c1)C1CNCCO1. The minimum atomic E-state index is -0.383.